The van der Waals surface area contributed by atoms with Crippen LogP contribution in [0.5, 0.6) is 11.5 Å². The van der Waals surface area contributed by atoms with Crippen LogP contribution in [0.2, 0.25) is 0 Å². The van der Waals surface area contributed by atoms with E-state index >= 15 is 0 Å². The first-order chi connectivity index (χ1) is 38.8. The van der Waals surface area contributed by atoms with Crippen molar-refractivity contribution in [2.45, 2.75) is 59.3 Å². The van der Waals surface area contributed by atoms with Gasteiger partial charge in [-0.25, -0.2) is 4.98 Å². The molecule has 0 amide bonds. The molecule has 5 heteroatoms. The van der Waals surface area contributed by atoms with Gasteiger partial charge in [-0.3, -0.25) is 4.57 Å². The Morgan fingerprint density at radius 3 is 1.52 bits per heavy atom. The third-order valence-electron chi connectivity index (χ3n) is 16.0. The quantitative estimate of drug-likeness (QED) is 0.137. The van der Waals surface area contributed by atoms with E-state index < -0.39 is 0 Å². The summed E-state index contributed by atoms with van der Waals surface area (Å²) >= 11 is 0. The largest absolute Gasteiger partial charge is 0.457 e. The molecule has 0 fully saturated rings. The Labute approximate surface area is 470 Å². The Bertz CT molecular complexity index is 4250. The molecule has 3 heterocycles. The van der Waals surface area contributed by atoms with Gasteiger partial charge in [-0.05, 0) is 116 Å². The molecule has 10 aromatic carbocycles. The van der Waals surface area contributed by atoms with E-state index in [4.69, 9.17) is 9.72 Å². The number of rotatable bonds is 10. The molecule has 5 nitrogen and oxygen atoms in total. The topological polar surface area (TPSA) is 33.5 Å². The Balaban J connectivity index is 0.974. The van der Waals surface area contributed by atoms with E-state index in [9.17, 15) is 0 Å². The monoisotopic (exact) mass is 1040 g/mol. The minimum atomic E-state index is -0.204. The molecule has 0 aliphatic carbocycles. The van der Waals surface area contributed by atoms with Crippen molar-refractivity contribution in [2.75, 3.05) is 16.5 Å². The van der Waals surface area contributed by atoms with E-state index in [1.165, 1.54) is 44.6 Å². The number of ether oxygens (including phenoxy) is 1. The number of benzene rings is 10. The zero-order valence-corrected chi connectivity index (χ0v) is 46.6. The average Bonchev–Trinajstić information content (AvgIpc) is 4.07. The lowest BCUT2D eigenvalue weighted by Crippen LogP contribution is -2.25. The van der Waals surface area contributed by atoms with E-state index in [1.807, 2.05) is 6.20 Å². The van der Waals surface area contributed by atoms with Gasteiger partial charge < -0.3 is 14.5 Å². The van der Waals surface area contributed by atoms with Crippen molar-refractivity contribution >= 4 is 44.6 Å². The molecule has 12 aromatic rings. The zero-order chi connectivity index (χ0) is 54.7. The Kier molecular flexibility index (Phi) is 12.6. The van der Waals surface area contributed by atoms with Gasteiger partial charge in [0.15, 0.2) is 0 Å². The fraction of sp³-hybridized carbons (Fsp3) is 0.133. The summed E-state index contributed by atoms with van der Waals surface area (Å²) in [4.78, 5) is 10.2. The molecule has 0 atom stereocenters. The van der Waals surface area contributed by atoms with Gasteiger partial charge in [0.25, 0.3) is 0 Å². The van der Waals surface area contributed by atoms with Gasteiger partial charge in [0.1, 0.15) is 24.0 Å². The first-order valence-electron chi connectivity index (χ1n) is 27.9. The average molecular weight is 1040 g/mol. The number of aryl methyl sites for hydroxylation is 1. The second kappa shape index (κ2) is 20.1. The third kappa shape index (κ3) is 9.28. The van der Waals surface area contributed by atoms with E-state index in [-0.39, 0.29) is 10.8 Å². The van der Waals surface area contributed by atoms with Gasteiger partial charge in [-0.15, -0.1) is 0 Å². The summed E-state index contributed by atoms with van der Waals surface area (Å²) in [5.74, 6) is 2.37. The SMILES string of the molecule is Cc1cc(-n2c3ccc(-c4ccccc4)cc3c3cc(-c4ccccc4)c(Oc4cc(N5CN(c6c(-c7ccccc7)cccc6-c6ccc(C(C)(C)C)cc6)c6ccccc65)cc(C(C)(C)C)c4)cc32)ncc1-c1ccccc1. The van der Waals surface area contributed by atoms with Gasteiger partial charge in [-0.2, -0.15) is 0 Å². The molecule has 0 saturated carbocycles. The minimum absolute atomic E-state index is 0.0431. The molecule has 0 spiro atoms. The smallest absolute Gasteiger partial charge is 0.137 e. The number of pyridine rings is 1. The van der Waals surface area contributed by atoms with E-state index in [2.05, 4.69) is 305 Å². The zero-order valence-electron chi connectivity index (χ0n) is 46.6. The number of aromatic nitrogens is 2. The molecule has 1 aliphatic rings. The van der Waals surface area contributed by atoms with Crippen LogP contribution in [0.4, 0.5) is 22.7 Å². The van der Waals surface area contributed by atoms with Crippen molar-refractivity contribution in [1.82, 2.24) is 9.55 Å². The summed E-state index contributed by atoms with van der Waals surface area (Å²) in [6, 6.07) is 87.9. The van der Waals surface area contributed by atoms with Crippen LogP contribution in [0.1, 0.15) is 58.2 Å². The van der Waals surface area contributed by atoms with Crippen LogP contribution in [-0.2, 0) is 10.8 Å². The van der Waals surface area contributed by atoms with Gasteiger partial charge in [0, 0.05) is 57.0 Å². The maximum absolute atomic E-state index is 7.50. The van der Waals surface area contributed by atoms with Crippen molar-refractivity contribution in [3.8, 4) is 73.0 Å². The summed E-state index contributed by atoms with van der Waals surface area (Å²) in [6.45, 7) is 16.5. The normalized spacial score (nSPS) is 12.6. The summed E-state index contributed by atoms with van der Waals surface area (Å²) in [5, 5.41) is 2.26. The second-order valence-electron chi connectivity index (χ2n) is 23.3. The Morgan fingerprint density at radius 2 is 0.925 bits per heavy atom. The standard InChI is InChI=1S/C75H64N4O/c1-50-41-72(76-48-66(50)54-29-18-11-19-30-54)79-67-40-37-56(51-23-12-8-13-24-51)42-64(67)65-46-63(53-27-16-10-17-28-53)71(47-70(65)79)80-60-44-58(75(5,6)7)43-59(45-60)77-49-78(69-34-21-20-33-68(69)77)73-61(52-25-14-9-15-26-52)31-22-32-62(73)55-35-38-57(39-36-55)74(2,3)4/h8-48H,49H2,1-7H3. The number of para-hydroxylation sites is 3. The first kappa shape index (κ1) is 50.1. The lowest BCUT2D eigenvalue weighted by Gasteiger charge is -2.28. The Morgan fingerprint density at radius 1 is 0.400 bits per heavy atom. The molecule has 13 rings (SSSR count). The van der Waals surface area contributed by atoms with Crippen molar-refractivity contribution in [3.05, 3.63) is 266 Å². The Hall–Kier alpha value is -9.45. The second-order valence-corrected chi connectivity index (χ2v) is 23.3. The van der Waals surface area contributed by atoms with Crippen LogP contribution in [0, 0.1) is 6.92 Å². The lowest BCUT2D eigenvalue weighted by molar-refractivity contribution is 0.481. The molecule has 80 heavy (non-hydrogen) atoms. The molecular weight excluding hydrogens is 973 g/mol. The maximum atomic E-state index is 7.50. The number of anilines is 4. The first-order valence-corrected chi connectivity index (χ1v) is 27.9. The highest BCUT2D eigenvalue weighted by atomic mass is 16.5. The molecule has 0 saturated heterocycles. The van der Waals surface area contributed by atoms with Crippen molar-refractivity contribution < 1.29 is 4.74 Å². The van der Waals surface area contributed by atoms with Gasteiger partial charge >= 0.3 is 0 Å². The predicted octanol–water partition coefficient (Wildman–Crippen LogP) is 20.5. The predicted molar refractivity (Wildman–Crippen MR) is 336 cm³/mol. The van der Waals surface area contributed by atoms with E-state index in [1.54, 1.807) is 0 Å². The summed E-state index contributed by atoms with van der Waals surface area (Å²) in [5.41, 5.74) is 21.5. The van der Waals surface area contributed by atoms with Crippen LogP contribution in [-0.4, -0.2) is 16.2 Å². The van der Waals surface area contributed by atoms with Crippen LogP contribution < -0.4 is 14.5 Å². The number of fused-ring (bicyclic) bond motifs is 4. The molecule has 2 aromatic heterocycles. The highest BCUT2D eigenvalue weighted by molar-refractivity contribution is 6.12. The summed E-state index contributed by atoms with van der Waals surface area (Å²) in [7, 11) is 0. The van der Waals surface area contributed by atoms with Crippen LogP contribution in [0.25, 0.3) is 83.3 Å². The number of hydrogen-bond donors (Lipinski definition) is 0. The molecule has 0 N–H and O–H groups in total. The molecule has 0 bridgehead atoms. The lowest BCUT2D eigenvalue weighted by atomic mass is 9.86. The molecule has 1 aliphatic heterocycles. The summed E-state index contributed by atoms with van der Waals surface area (Å²) in [6.07, 6.45) is 2.02. The van der Waals surface area contributed by atoms with Crippen molar-refractivity contribution in [2.24, 2.45) is 0 Å². The maximum Gasteiger partial charge on any atom is 0.137 e. The van der Waals surface area contributed by atoms with Crippen LogP contribution in [0.3, 0.4) is 0 Å². The number of nitrogens with zero attached hydrogens (tertiary/aromatic N) is 4. The molecule has 0 unspecified atom stereocenters. The van der Waals surface area contributed by atoms with Crippen LogP contribution in [0.15, 0.2) is 249 Å². The molecular formula is C75H64N4O. The molecule has 0 radical (unpaired) electrons. The van der Waals surface area contributed by atoms with Crippen molar-refractivity contribution in [3.63, 3.8) is 0 Å². The van der Waals surface area contributed by atoms with Crippen molar-refractivity contribution in [1.29, 1.82) is 0 Å². The number of hydrogen-bond acceptors (Lipinski definition) is 4. The van der Waals surface area contributed by atoms with Crippen LogP contribution >= 0.6 is 0 Å². The minimum Gasteiger partial charge on any atom is -0.457 e. The van der Waals surface area contributed by atoms with Gasteiger partial charge in [0.05, 0.1) is 28.1 Å². The highest BCUT2D eigenvalue weighted by Gasteiger charge is 2.33. The van der Waals surface area contributed by atoms with E-state index in [0.717, 1.165) is 89.6 Å². The van der Waals surface area contributed by atoms with Gasteiger partial charge in [-0.1, -0.05) is 224 Å². The fourth-order valence-corrected chi connectivity index (χ4v) is 11.7. The van der Waals surface area contributed by atoms with Gasteiger partial charge in [0.2, 0.25) is 0 Å². The third-order valence-corrected chi connectivity index (χ3v) is 16.0. The van der Waals surface area contributed by atoms with E-state index in [0.29, 0.717) is 6.67 Å². The highest BCUT2D eigenvalue weighted by Crippen LogP contribution is 2.52. The molecule has 390 valence electrons. The fourth-order valence-electron chi connectivity index (χ4n) is 11.7. The summed E-state index contributed by atoms with van der Waals surface area (Å²) < 4.78 is 9.82.